The number of nitrogens with one attached hydrogen (secondary N) is 2. The zero-order valence-electron chi connectivity index (χ0n) is 13.3. The molecule has 7 nitrogen and oxygen atoms in total. The van der Waals surface area contributed by atoms with E-state index in [0.29, 0.717) is 6.04 Å². The van der Waals surface area contributed by atoms with Crippen molar-refractivity contribution in [2.24, 2.45) is 0 Å². The van der Waals surface area contributed by atoms with Gasteiger partial charge in [-0.2, -0.15) is 0 Å². The monoisotopic (exact) mass is 306 g/mol. The second kappa shape index (κ2) is 6.62. The van der Waals surface area contributed by atoms with Crippen LogP contribution in [-0.2, 0) is 5.54 Å². The number of hydrogen-bond acceptors (Lipinski definition) is 4. The highest BCUT2D eigenvalue weighted by Crippen LogP contribution is 2.38. The summed E-state index contributed by atoms with van der Waals surface area (Å²) < 4.78 is 2.00. The molecule has 1 aromatic heterocycles. The summed E-state index contributed by atoms with van der Waals surface area (Å²) in [6, 6.07) is 0.226. The Morgan fingerprint density at radius 2 is 1.82 bits per heavy atom. The summed E-state index contributed by atoms with van der Waals surface area (Å²) in [6.45, 7) is 0. The molecule has 2 amide bonds. The van der Waals surface area contributed by atoms with Gasteiger partial charge in [-0.3, -0.25) is 0 Å². The number of amides is 2. The summed E-state index contributed by atoms with van der Waals surface area (Å²) >= 11 is 0. The number of urea groups is 1. The number of carbonyl (C=O) groups is 1. The van der Waals surface area contributed by atoms with E-state index in [1.807, 2.05) is 4.68 Å². The molecule has 0 atom stereocenters. The van der Waals surface area contributed by atoms with Gasteiger partial charge in [0.25, 0.3) is 0 Å². The lowest BCUT2D eigenvalue weighted by atomic mass is 9.80. The third kappa shape index (κ3) is 2.94. The van der Waals surface area contributed by atoms with Crippen molar-refractivity contribution < 1.29 is 4.79 Å². The molecule has 122 valence electrons. The molecule has 2 aliphatic rings. The standard InChI is InChI=1S/C15H26N6O/c1-16-14(22)17-15(10-6-3-7-11-15)13-18-19-20-21(13)12-8-4-2-5-9-12/h12H,2-11H2,1H3,(H2,16,17,22). The van der Waals surface area contributed by atoms with Crippen LogP contribution >= 0.6 is 0 Å². The molecule has 0 unspecified atom stereocenters. The summed E-state index contributed by atoms with van der Waals surface area (Å²) in [4.78, 5) is 12.0. The van der Waals surface area contributed by atoms with Crippen LogP contribution in [0.2, 0.25) is 0 Å². The van der Waals surface area contributed by atoms with Gasteiger partial charge in [0.1, 0.15) is 5.54 Å². The first kappa shape index (κ1) is 15.2. The third-order valence-corrected chi connectivity index (χ3v) is 5.13. The first-order chi connectivity index (χ1) is 10.7. The highest BCUT2D eigenvalue weighted by atomic mass is 16.2. The highest BCUT2D eigenvalue weighted by molar-refractivity contribution is 5.74. The minimum Gasteiger partial charge on any atom is -0.341 e. The molecular formula is C15H26N6O. The molecule has 0 aliphatic heterocycles. The molecule has 2 aliphatic carbocycles. The minimum atomic E-state index is -0.417. The number of rotatable bonds is 3. The van der Waals surface area contributed by atoms with Crippen molar-refractivity contribution in [3.8, 4) is 0 Å². The maximum absolute atomic E-state index is 12.0. The largest absolute Gasteiger partial charge is 0.341 e. The number of carbonyl (C=O) groups excluding carboxylic acids is 1. The fourth-order valence-electron chi connectivity index (χ4n) is 3.92. The fourth-order valence-corrected chi connectivity index (χ4v) is 3.92. The predicted molar refractivity (Wildman–Crippen MR) is 82.3 cm³/mol. The molecule has 7 heteroatoms. The summed E-state index contributed by atoms with van der Waals surface area (Å²) in [6.07, 6.45) is 11.3. The Balaban J connectivity index is 1.90. The van der Waals surface area contributed by atoms with Gasteiger partial charge >= 0.3 is 6.03 Å². The van der Waals surface area contributed by atoms with Crippen LogP contribution in [0, 0.1) is 0 Å². The average molecular weight is 306 g/mol. The molecule has 0 aromatic carbocycles. The number of hydrogen-bond donors (Lipinski definition) is 2. The van der Waals surface area contributed by atoms with Crippen LogP contribution in [0.4, 0.5) is 4.79 Å². The molecule has 1 heterocycles. The summed E-state index contributed by atoms with van der Waals surface area (Å²) in [5.74, 6) is 0.850. The van der Waals surface area contributed by atoms with Crippen LogP contribution in [0.25, 0.3) is 0 Å². The Labute approximate surface area is 131 Å². The Morgan fingerprint density at radius 1 is 1.14 bits per heavy atom. The third-order valence-electron chi connectivity index (χ3n) is 5.13. The van der Waals surface area contributed by atoms with Crippen LogP contribution in [0.3, 0.4) is 0 Å². The Morgan fingerprint density at radius 3 is 2.50 bits per heavy atom. The van der Waals surface area contributed by atoms with E-state index >= 15 is 0 Å². The molecule has 22 heavy (non-hydrogen) atoms. The van der Waals surface area contributed by atoms with E-state index < -0.39 is 5.54 Å². The Hall–Kier alpha value is -1.66. The van der Waals surface area contributed by atoms with E-state index in [9.17, 15) is 4.79 Å². The second-order valence-corrected chi connectivity index (χ2v) is 6.59. The van der Waals surface area contributed by atoms with Crippen LogP contribution in [-0.4, -0.2) is 33.3 Å². The lowest BCUT2D eigenvalue weighted by molar-refractivity contribution is 0.187. The molecule has 2 fully saturated rings. The zero-order chi connectivity index (χ0) is 15.4. The SMILES string of the molecule is CNC(=O)NC1(c2nnnn2C2CCCCC2)CCCCC1. The van der Waals surface area contributed by atoms with Crippen LogP contribution in [0.15, 0.2) is 0 Å². The minimum absolute atomic E-state index is 0.153. The maximum atomic E-state index is 12.0. The Bertz CT molecular complexity index is 502. The van der Waals surface area contributed by atoms with Crippen molar-refractivity contribution in [1.82, 2.24) is 30.8 Å². The van der Waals surface area contributed by atoms with E-state index in [4.69, 9.17) is 0 Å². The van der Waals surface area contributed by atoms with Crippen LogP contribution < -0.4 is 10.6 Å². The lowest BCUT2D eigenvalue weighted by Gasteiger charge is -2.37. The smallest absolute Gasteiger partial charge is 0.315 e. The number of aromatic nitrogens is 4. The van der Waals surface area contributed by atoms with Gasteiger partial charge in [-0.1, -0.05) is 38.5 Å². The van der Waals surface area contributed by atoms with Gasteiger partial charge in [0, 0.05) is 7.05 Å². The van der Waals surface area contributed by atoms with Crippen molar-refractivity contribution >= 4 is 6.03 Å². The van der Waals surface area contributed by atoms with Crippen molar-refractivity contribution in [1.29, 1.82) is 0 Å². The molecule has 0 bridgehead atoms. The number of tetrazole rings is 1. The van der Waals surface area contributed by atoms with Crippen molar-refractivity contribution in [2.45, 2.75) is 75.8 Å². The first-order valence-corrected chi connectivity index (χ1v) is 8.53. The highest BCUT2D eigenvalue weighted by Gasteiger charge is 2.41. The zero-order valence-corrected chi connectivity index (χ0v) is 13.3. The number of nitrogens with zero attached hydrogens (tertiary/aromatic N) is 4. The molecule has 0 saturated heterocycles. The summed E-state index contributed by atoms with van der Waals surface area (Å²) in [5.41, 5.74) is -0.417. The van der Waals surface area contributed by atoms with E-state index in [1.165, 1.54) is 25.7 Å². The molecule has 3 rings (SSSR count). The molecule has 0 spiro atoms. The van der Waals surface area contributed by atoms with E-state index in [0.717, 1.165) is 44.3 Å². The van der Waals surface area contributed by atoms with Crippen molar-refractivity contribution in [3.05, 3.63) is 5.82 Å². The second-order valence-electron chi connectivity index (χ2n) is 6.59. The first-order valence-electron chi connectivity index (χ1n) is 8.53. The van der Waals surface area contributed by atoms with Crippen LogP contribution in [0.5, 0.6) is 0 Å². The van der Waals surface area contributed by atoms with Crippen LogP contribution in [0.1, 0.15) is 76.1 Å². The predicted octanol–water partition coefficient (Wildman–Crippen LogP) is 2.27. The van der Waals surface area contributed by atoms with E-state index in [-0.39, 0.29) is 6.03 Å². The average Bonchev–Trinajstić information content (AvgIpc) is 3.07. The molecule has 2 saturated carbocycles. The van der Waals surface area contributed by atoms with Gasteiger partial charge in [0.2, 0.25) is 0 Å². The van der Waals surface area contributed by atoms with Crippen molar-refractivity contribution in [2.75, 3.05) is 7.05 Å². The fraction of sp³-hybridized carbons (Fsp3) is 0.867. The molecule has 0 radical (unpaired) electrons. The molecule has 2 N–H and O–H groups in total. The van der Waals surface area contributed by atoms with Gasteiger partial charge in [-0.25, -0.2) is 9.48 Å². The van der Waals surface area contributed by atoms with Gasteiger partial charge in [0.15, 0.2) is 5.82 Å². The molecular weight excluding hydrogens is 280 g/mol. The van der Waals surface area contributed by atoms with Crippen molar-refractivity contribution in [3.63, 3.8) is 0 Å². The Kier molecular flexibility index (Phi) is 4.59. The van der Waals surface area contributed by atoms with Gasteiger partial charge in [-0.15, -0.1) is 5.10 Å². The maximum Gasteiger partial charge on any atom is 0.315 e. The van der Waals surface area contributed by atoms with Gasteiger partial charge in [-0.05, 0) is 36.1 Å². The van der Waals surface area contributed by atoms with Gasteiger partial charge < -0.3 is 10.6 Å². The van der Waals surface area contributed by atoms with Gasteiger partial charge in [0.05, 0.1) is 6.04 Å². The quantitative estimate of drug-likeness (QED) is 0.897. The van der Waals surface area contributed by atoms with E-state index in [2.05, 4.69) is 26.2 Å². The summed E-state index contributed by atoms with van der Waals surface area (Å²) in [5, 5.41) is 18.4. The normalized spacial score (nSPS) is 22.2. The topological polar surface area (TPSA) is 84.7 Å². The molecule has 1 aromatic rings. The van der Waals surface area contributed by atoms with E-state index in [1.54, 1.807) is 7.05 Å². The summed E-state index contributed by atoms with van der Waals surface area (Å²) in [7, 11) is 1.65. The lowest BCUT2D eigenvalue weighted by Crippen LogP contribution is -2.52.